The van der Waals surface area contributed by atoms with Crippen molar-refractivity contribution in [3.63, 3.8) is 0 Å². The Kier molecular flexibility index (Phi) is 6.13. The minimum absolute atomic E-state index is 0.492. The van der Waals surface area contributed by atoms with Gasteiger partial charge in [-0.3, -0.25) is 4.90 Å². The highest BCUT2D eigenvalue weighted by Gasteiger charge is 2.22. The fraction of sp³-hybridized carbons (Fsp3) is 0.364. The molecular formula is C22H24N4O3. The molecule has 29 heavy (non-hydrogen) atoms. The normalized spacial score (nSPS) is 19.3. The first-order valence-corrected chi connectivity index (χ1v) is 9.88. The van der Waals surface area contributed by atoms with Crippen LogP contribution in [0.5, 0.6) is 5.88 Å². The number of rotatable bonds is 6. The number of hydrogen-bond acceptors (Lipinski definition) is 7. The van der Waals surface area contributed by atoms with E-state index in [0.717, 1.165) is 57.2 Å². The molecule has 0 N–H and O–H groups in total. The number of nitrogens with zero attached hydrogens (tertiary/aromatic N) is 4. The highest BCUT2D eigenvalue weighted by atomic mass is 16.6. The Labute approximate surface area is 170 Å². The monoisotopic (exact) mass is 392 g/mol. The lowest BCUT2D eigenvalue weighted by Gasteiger charge is -2.36. The maximum Gasteiger partial charge on any atom is 0.231 e. The van der Waals surface area contributed by atoms with Crippen LogP contribution in [0.1, 0.15) is 18.4 Å². The predicted molar refractivity (Wildman–Crippen MR) is 107 cm³/mol. The summed E-state index contributed by atoms with van der Waals surface area (Å²) in [4.78, 5) is 8.67. The largest absolute Gasteiger partial charge is 0.476 e. The number of nitriles is 1. The minimum atomic E-state index is 0.492. The van der Waals surface area contributed by atoms with E-state index in [-0.39, 0.29) is 0 Å². The van der Waals surface area contributed by atoms with Crippen LogP contribution in [0.2, 0.25) is 0 Å². The van der Waals surface area contributed by atoms with Gasteiger partial charge in [-0.2, -0.15) is 5.26 Å². The standard InChI is InChI=1S/C22H24N4O3/c23-15-18-6-7-24-21(14-18)27-13-12-25-8-10-26(11-9-25)22-17-28-20(16-29-22)19-4-2-1-3-5-19/h1-2,4,6-7,14,16-17H,3,5,8-13H2. The summed E-state index contributed by atoms with van der Waals surface area (Å²) in [5.41, 5.74) is 1.72. The summed E-state index contributed by atoms with van der Waals surface area (Å²) in [5.74, 6) is 2.05. The maximum absolute atomic E-state index is 8.93. The van der Waals surface area contributed by atoms with Crippen molar-refractivity contribution in [1.29, 1.82) is 5.26 Å². The summed E-state index contributed by atoms with van der Waals surface area (Å²) in [6.07, 6.45) is 13.3. The number of allylic oxidation sites excluding steroid dienone is 4. The molecule has 0 radical (unpaired) electrons. The molecule has 2 aliphatic heterocycles. The van der Waals surface area contributed by atoms with Crippen LogP contribution in [0.25, 0.3) is 0 Å². The summed E-state index contributed by atoms with van der Waals surface area (Å²) < 4.78 is 17.3. The molecule has 0 aromatic carbocycles. The van der Waals surface area contributed by atoms with Crippen molar-refractivity contribution in [3.8, 4) is 11.9 Å². The average Bonchev–Trinajstić information content (AvgIpc) is 2.80. The van der Waals surface area contributed by atoms with Crippen LogP contribution in [-0.4, -0.2) is 54.1 Å². The van der Waals surface area contributed by atoms with Crippen molar-refractivity contribution < 1.29 is 14.2 Å². The molecule has 1 fully saturated rings. The predicted octanol–water partition coefficient (Wildman–Crippen LogP) is 2.91. The van der Waals surface area contributed by atoms with Gasteiger partial charge in [-0.15, -0.1) is 0 Å². The van der Waals surface area contributed by atoms with Gasteiger partial charge in [0.05, 0.1) is 11.6 Å². The zero-order chi connectivity index (χ0) is 19.9. The number of piperazine rings is 1. The first-order chi connectivity index (χ1) is 14.3. The Balaban J connectivity index is 1.19. The number of ether oxygens (including phenoxy) is 3. The lowest BCUT2D eigenvalue weighted by atomic mass is 10.0. The summed E-state index contributed by atoms with van der Waals surface area (Å²) in [6.45, 7) is 4.93. The van der Waals surface area contributed by atoms with Crippen molar-refractivity contribution in [2.75, 3.05) is 39.3 Å². The van der Waals surface area contributed by atoms with Crippen LogP contribution in [0.15, 0.2) is 66.3 Å². The van der Waals surface area contributed by atoms with E-state index >= 15 is 0 Å². The Hall–Kier alpha value is -3.24. The van der Waals surface area contributed by atoms with Crippen molar-refractivity contribution in [2.24, 2.45) is 0 Å². The molecule has 0 spiro atoms. The van der Waals surface area contributed by atoms with Gasteiger partial charge in [0.15, 0.2) is 12.0 Å². The Morgan fingerprint density at radius 2 is 2.07 bits per heavy atom. The van der Waals surface area contributed by atoms with Crippen LogP contribution in [-0.2, 0) is 9.47 Å². The van der Waals surface area contributed by atoms with Gasteiger partial charge >= 0.3 is 0 Å². The van der Waals surface area contributed by atoms with Crippen LogP contribution >= 0.6 is 0 Å². The van der Waals surface area contributed by atoms with Crippen molar-refractivity contribution in [3.05, 3.63) is 71.9 Å². The van der Waals surface area contributed by atoms with Crippen LogP contribution in [0.4, 0.5) is 0 Å². The lowest BCUT2D eigenvalue weighted by molar-refractivity contribution is 0.0781. The van der Waals surface area contributed by atoms with Crippen molar-refractivity contribution in [2.45, 2.75) is 12.8 Å². The van der Waals surface area contributed by atoms with Gasteiger partial charge in [0.2, 0.25) is 11.8 Å². The molecule has 0 saturated carbocycles. The molecule has 3 heterocycles. The first-order valence-electron chi connectivity index (χ1n) is 9.88. The zero-order valence-corrected chi connectivity index (χ0v) is 16.3. The van der Waals surface area contributed by atoms with E-state index in [1.54, 1.807) is 30.9 Å². The molecular weight excluding hydrogens is 368 g/mol. The lowest BCUT2D eigenvalue weighted by Crippen LogP contribution is -2.47. The SMILES string of the molecule is N#Cc1ccnc(OCCN2CCN(C3=COC(C4=CC=CCC4)=CO3)CC2)c1. The van der Waals surface area contributed by atoms with Crippen LogP contribution < -0.4 is 4.74 Å². The Morgan fingerprint density at radius 3 is 2.79 bits per heavy atom. The van der Waals surface area contributed by atoms with E-state index in [0.29, 0.717) is 18.1 Å². The third kappa shape index (κ3) is 4.98. The second-order valence-electron chi connectivity index (χ2n) is 7.00. The molecule has 0 bridgehead atoms. The van der Waals surface area contributed by atoms with Crippen molar-refractivity contribution in [1.82, 2.24) is 14.8 Å². The average molecular weight is 392 g/mol. The summed E-state index contributed by atoms with van der Waals surface area (Å²) in [5, 5.41) is 8.93. The number of pyridine rings is 1. The molecule has 0 atom stereocenters. The molecule has 4 rings (SSSR count). The molecule has 1 aliphatic carbocycles. The molecule has 3 aliphatic rings. The first kappa shape index (κ1) is 19.1. The van der Waals surface area contributed by atoms with E-state index in [4.69, 9.17) is 19.5 Å². The molecule has 7 heteroatoms. The second kappa shape index (κ2) is 9.30. The van der Waals surface area contributed by atoms with Crippen molar-refractivity contribution >= 4 is 0 Å². The minimum Gasteiger partial charge on any atom is -0.476 e. The summed E-state index contributed by atoms with van der Waals surface area (Å²) in [7, 11) is 0. The molecule has 150 valence electrons. The van der Waals surface area contributed by atoms with Gasteiger partial charge < -0.3 is 19.1 Å². The van der Waals surface area contributed by atoms with Gasteiger partial charge in [0.1, 0.15) is 12.9 Å². The van der Waals surface area contributed by atoms with E-state index in [9.17, 15) is 0 Å². The summed E-state index contributed by atoms with van der Waals surface area (Å²) in [6, 6.07) is 5.42. The third-order valence-corrected chi connectivity index (χ3v) is 5.11. The zero-order valence-electron chi connectivity index (χ0n) is 16.3. The van der Waals surface area contributed by atoms with E-state index < -0.39 is 0 Å². The maximum atomic E-state index is 8.93. The topological polar surface area (TPSA) is 70.9 Å². The summed E-state index contributed by atoms with van der Waals surface area (Å²) >= 11 is 0. The molecule has 1 aromatic rings. The van der Waals surface area contributed by atoms with Crippen LogP contribution in [0, 0.1) is 11.3 Å². The van der Waals surface area contributed by atoms with Gasteiger partial charge in [0, 0.05) is 45.0 Å². The van der Waals surface area contributed by atoms with Gasteiger partial charge in [0.25, 0.3) is 0 Å². The molecule has 0 unspecified atom stereocenters. The van der Waals surface area contributed by atoms with E-state index in [1.165, 1.54) is 5.57 Å². The van der Waals surface area contributed by atoms with Gasteiger partial charge in [-0.25, -0.2) is 4.98 Å². The molecule has 1 saturated heterocycles. The van der Waals surface area contributed by atoms with E-state index in [1.807, 2.05) is 0 Å². The fourth-order valence-electron chi connectivity index (χ4n) is 3.42. The van der Waals surface area contributed by atoms with Gasteiger partial charge in [-0.1, -0.05) is 18.2 Å². The fourth-order valence-corrected chi connectivity index (χ4v) is 3.42. The second-order valence-corrected chi connectivity index (χ2v) is 7.00. The Bertz CT molecular complexity index is 890. The van der Waals surface area contributed by atoms with Crippen LogP contribution in [0.3, 0.4) is 0 Å². The molecule has 0 amide bonds. The highest BCUT2D eigenvalue weighted by molar-refractivity contribution is 5.33. The Morgan fingerprint density at radius 1 is 1.17 bits per heavy atom. The third-order valence-electron chi connectivity index (χ3n) is 5.11. The van der Waals surface area contributed by atoms with Gasteiger partial charge in [-0.05, 0) is 24.5 Å². The highest BCUT2D eigenvalue weighted by Crippen LogP contribution is 2.26. The molecule has 7 nitrogen and oxygen atoms in total. The quantitative estimate of drug-likeness (QED) is 0.737. The number of aromatic nitrogens is 1. The van der Waals surface area contributed by atoms with E-state index in [2.05, 4.69) is 39.1 Å². The number of hydrogen-bond donors (Lipinski definition) is 0. The molecule has 1 aromatic heterocycles. The smallest absolute Gasteiger partial charge is 0.231 e.